The van der Waals surface area contributed by atoms with Gasteiger partial charge in [-0.15, -0.1) is 6.58 Å². The molecule has 0 aromatic heterocycles. The summed E-state index contributed by atoms with van der Waals surface area (Å²) in [4.78, 5) is 25.1. The molecule has 26 heavy (non-hydrogen) atoms. The van der Waals surface area contributed by atoms with Crippen LogP contribution in [-0.2, 0) is 14.3 Å². The van der Waals surface area contributed by atoms with E-state index in [1.807, 2.05) is 13.8 Å². The molecule has 2 rings (SSSR count). The highest BCUT2D eigenvalue weighted by atomic mass is 16.7. The Morgan fingerprint density at radius 1 is 1.38 bits per heavy atom. The van der Waals surface area contributed by atoms with E-state index in [4.69, 9.17) is 4.74 Å². The third kappa shape index (κ3) is 3.28. The molecular formula is C22H34O4. The fourth-order valence-corrected chi connectivity index (χ4v) is 5.26. The predicted octanol–water partition coefficient (Wildman–Crippen LogP) is 4.43. The highest BCUT2D eigenvalue weighted by Crippen LogP contribution is 2.63. The van der Waals surface area contributed by atoms with Crippen molar-refractivity contribution in [2.75, 3.05) is 0 Å². The van der Waals surface area contributed by atoms with Gasteiger partial charge in [0.1, 0.15) is 5.78 Å². The number of carbonyl (C=O) groups is 2. The molecule has 0 saturated heterocycles. The Morgan fingerprint density at radius 3 is 2.54 bits per heavy atom. The Balaban J connectivity index is 2.60. The second-order valence-electron chi connectivity index (χ2n) is 9.16. The fraction of sp³-hybridized carbons (Fsp3) is 0.727. The van der Waals surface area contributed by atoms with Crippen LogP contribution in [0.2, 0.25) is 0 Å². The normalized spacial score (nSPS) is 37.1. The molecule has 0 aromatic rings. The molecule has 0 aliphatic heterocycles. The smallest absolute Gasteiger partial charge is 0.305 e. The number of hydrogen-bond donors (Lipinski definition) is 1. The molecule has 5 atom stereocenters. The molecule has 2 aliphatic carbocycles. The van der Waals surface area contributed by atoms with Crippen LogP contribution < -0.4 is 0 Å². The van der Waals surface area contributed by atoms with Crippen molar-refractivity contribution in [1.82, 2.24) is 0 Å². The van der Waals surface area contributed by atoms with Gasteiger partial charge in [0.05, 0.1) is 5.41 Å². The molecule has 0 radical (unpaired) electrons. The molecule has 0 amide bonds. The lowest BCUT2D eigenvalue weighted by molar-refractivity contribution is -0.279. The average Bonchev–Trinajstić information content (AvgIpc) is 2.50. The lowest BCUT2D eigenvalue weighted by Crippen LogP contribution is -2.63. The predicted molar refractivity (Wildman–Crippen MR) is 102 cm³/mol. The molecule has 4 nitrogen and oxygen atoms in total. The van der Waals surface area contributed by atoms with Crippen molar-refractivity contribution < 1.29 is 19.4 Å². The van der Waals surface area contributed by atoms with Crippen molar-refractivity contribution in [2.24, 2.45) is 28.6 Å². The van der Waals surface area contributed by atoms with Gasteiger partial charge in [0.2, 0.25) is 5.79 Å². The summed E-state index contributed by atoms with van der Waals surface area (Å²) < 4.78 is 5.51. The summed E-state index contributed by atoms with van der Waals surface area (Å²) in [6.45, 7) is 15.3. The first kappa shape index (κ1) is 20.9. The number of ether oxygens (including phenoxy) is 1. The number of fused-ring (bicyclic) bond motifs is 1. The van der Waals surface area contributed by atoms with E-state index in [2.05, 4.69) is 33.4 Å². The summed E-state index contributed by atoms with van der Waals surface area (Å²) in [6.07, 6.45) is 6.17. The molecule has 1 unspecified atom stereocenters. The van der Waals surface area contributed by atoms with Crippen LogP contribution in [0.5, 0.6) is 0 Å². The van der Waals surface area contributed by atoms with Crippen molar-refractivity contribution in [1.29, 1.82) is 0 Å². The molecule has 1 fully saturated rings. The minimum Gasteiger partial charge on any atom is -0.432 e. The molecule has 0 spiro atoms. The third-order valence-corrected chi connectivity index (χ3v) is 6.66. The van der Waals surface area contributed by atoms with Gasteiger partial charge in [-0.1, -0.05) is 45.4 Å². The van der Waals surface area contributed by atoms with Gasteiger partial charge in [-0.2, -0.15) is 0 Å². The molecule has 0 heterocycles. The Bertz CT molecular complexity index is 632. The van der Waals surface area contributed by atoms with Crippen LogP contribution in [-0.4, -0.2) is 22.6 Å². The number of carbonyl (C=O) groups excluding carboxylic acids is 2. The molecule has 0 bridgehead atoms. The van der Waals surface area contributed by atoms with Crippen LogP contribution in [0.1, 0.15) is 67.2 Å². The summed E-state index contributed by atoms with van der Waals surface area (Å²) in [5.41, 5.74) is -0.0254. The molecular weight excluding hydrogens is 328 g/mol. The van der Waals surface area contributed by atoms with Crippen LogP contribution in [0.15, 0.2) is 24.3 Å². The minimum absolute atomic E-state index is 0.0734. The Morgan fingerprint density at radius 2 is 2.00 bits per heavy atom. The third-order valence-electron chi connectivity index (χ3n) is 6.66. The first-order chi connectivity index (χ1) is 11.9. The number of aliphatic hydroxyl groups is 1. The van der Waals surface area contributed by atoms with Crippen molar-refractivity contribution >= 4 is 11.8 Å². The van der Waals surface area contributed by atoms with Crippen molar-refractivity contribution in [2.45, 2.75) is 73.0 Å². The average molecular weight is 363 g/mol. The number of hydrogen-bond acceptors (Lipinski definition) is 4. The number of Topliss-reactive ketones (excluding diaryl/α,β-unsaturated/α-hetero) is 1. The van der Waals surface area contributed by atoms with Crippen LogP contribution >= 0.6 is 0 Å². The Kier molecular flexibility index (Phi) is 5.59. The van der Waals surface area contributed by atoms with Crippen LogP contribution in [0.4, 0.5) is 0 Å². The minimum atomic E-state index is -1.66. The van der Waals surface area contributed by atoms with Gasteiger partial charge in [0.15, 0.2) is 0 Å². The zero-order valence-corrected chi connectivity index (χ0v) is 17.1. The van der Waals surface area contributed by atoms with Crippen molar-refractivity contribution in [3.8, 4) is 0 Å². The van der Waals surface area contributed by atoms with Gasteiger partial charge in [-0.25, -0.2) is 0 Å². The molecule has 1 saturated carbocycles. The van der Waals surface area contributed by atoms with E-state index in [9.17, 15) is 14.7 Å². The van der Waals surface area contributed by atoms with E-state index in [-0.39, 0.29) is 23.0 Å². The maximum Gasteiger partial charge on any atom is 0.305 e. The molecule has 2 aliphatic rings. The zero-order valence-electron chi connectivity index (χ0n) is 17.1. The van der Waals surface area contributed by atoms with E-state index >= 15 is 0 Å². The summed E-state index contributed by atoms with van der Waals surface area (Å²) in [6, 6.07) is 0. The standard InChI is InChI=1S/C22H34O4/c1-8-14(2)13-17(24)19-15(3)9-10-18-20(5,6)11-12-22(25,21(18,19)7)26-16(4)23/h8,10,14-15,19,25H,1,9,11-13H2,2-7H3/t14-,15+,19-,21+,22?/m1/s1. The molecule has 4 heteroatoms. The van der Waals surface area contributed by atoms with E-state index in [1.54, 1.807) is 6.08 Å². The van der Waals surface area contributed by atoms with E-state index in [1.165, 1.54) is 6.92 Å². The number of rotatable bonds is 5. The number of esters is 1. The lowest BCUT2D eigenvalue weighted by Gasteiger charge is -2.59. The van der Waals surface area contributed by atoms with Gasteiger partial charge < -0.3 is 9.84 Å². The van der Waals surface area contributed by atoms with Crippen LogP contribution in [0.3, 0.4) is 0 Å². The fourth-order valence-electron chi connectivity index (χ4n) is 5.26. The Hall–Kier alpha value is -1.42. The highest BCUT2D eigenvalue weighted by Gasteiger charge is 2.65. The largest absolute Gasteiger partial charge is 0.432 e. The first-order valence-electron chi connectivity index (χ1n) is 9.67. The second kappa shape index (κ2) is 6.95. The van der Waals surface area contributed by atoms with E-state index < -0.39 is 23.1 Å². The highest BCUT2D eigenvalue weighted by molar-refractivity contribution is 5.84. The number of ketones is 1. The molecule has 0 aromatic carbocycles. The topological polar surface area (TPSA) is 63.6 Å². The monoisotopic (exact) mass is 362 g/mol. The maximum atomic E-state index is 13.3. The summed E-state index contributed by atoms with van der Waals surface area (Å²) in [5.74, 6) is -2.31. The lowest BCUT2D eigenvalue weighted by atomic mass is 9.48. The van der Waals surface area contributed by atoms with Gasteiger partial charge in [0.25, 0.3) is 0 Å². The van der Waals surface area contributed by atoms with Crippen molar-refractivity contribution in [3.63, 3.8) is 0 Å². The number of allylic oxidation sites excluding steroid dienone is 2. The van der Waals surface area contributed by atoms with Gasteiger partial charge in [-0.05, 0) is 37.0 Å². The quantitative estimate of drug-likeness (QED) is 0.446. The molecule has 146 valence electrons. The Labute approximate surface area is 157 Å². The van der Waals surface area contributed by atoms with Gasteiger partial charge in [-0.3, -0.25) is 9.59 Å². The van der Waals surface area contributed by atoms with Crippen molar-refractivity contribution in [3.05, 3.63) is 24.3 Å². The van der Waals surface area contributed by atoms with Gasteiger partial charge >= 0.3 is 5.97 Å². The first-order valence-corrected chi connectivity index (χ1v) is 9.67. The van der Waals surface area contributed by atoms with Crippen LogP contribution in [0.25, 0.3) is 0 Å². The summed E-state index contributed by atoms with van der Waals surface area (Å²) in [5, 5.41) is 11.5. The maximum absolute atomic E-state index is 13.3. The summed E-state index contributed by atoms with van der Waals surface area (Å²) >= 11 is 0. The SMILES string of the molecule is C=C[C@@H](C)CC(=O)[C@H]1[C@@H](C)CC=C2C(C)(C)CCC(O)(OC(C)=O)[C@@]21C. The summed E-state index contributed by atoms with van der Waals surface area (Å²) in [7, 11) is 0. The van der Waals surface area contributed by atoms with Crippen LogP contribution in [0, 0.1) is 28.6 Å². The van der Waals surface area contributed by atoms with E-state index in [0.29, 0.717) is 19.3 Å². The van der Waals surface area contributed by atoms with E-state index in [0.717, 1.165) is 12.0 Å². The molecule has 1 N–H and O–H groups in total. The van der Waals surface area contributed by atoms with Gasteiger partial charge in [0, 0.05) is 25.7 Å². The second-order valence-corrected chi connectivity index (χ2v) is 9.16. The zero-order chi connectivity index (χ0) is 19.9.